The Labute approximate surface area is 240 Å². The Bertz CT molecular complexity index is 1420. The number of benzene rings is 1. The highest BCUT2D eigenvalue weighted by atomic mass is 19.4. The van der Waals surface area contributed by atoms with Gasteiger partial charge in [0, 0.05) is 48.9 Å². The van der Waals surface area contributed by atoms with Crippen LogP contribution in [-0.4, -0.2) is 105 Å². The van der Waals surface area contributed by atoms with Crippen LogP contribution in [0, 0.1) is 11.7 Å². The lowest BCUT2D eigenvalue weighted by Crippen LogP contribution is -2.60. The van der Waals surface area contributed by atoms with Crippen LogP contribution < -0.4 is 15.1 Å². The van der Waals surface area contributed by atoms with Crippen molar-refractivity contribution in [2.75, 3.05) is 75.1 Å². The van der Waals surface area contributed by atoms with Gasteiger partial charge in [0.25, 0.3) is 5.91 Å². The van der Waals surface area contributed by atoms with Gasteiger partial charge in [-0.1, -0.05) is 0 Å². The number of piperazine rings is 1. The van der Waals surface area contributed by atoms with Gasteiger partial charge in [0.2, 0.25) is 11.9 Å². The molecule has 4 heterocycles. The van der Waals surface area contributed by atoms with E-state index in [2.05, 4.69) is 41.3 Å². The van der Waals surface area contributed by atoms with E-state index in [1.807, 2.05) is 9.80 Å². The minimum atomic E-state index is -4.92. The first kappa shape index (κ1) is 29.6. The third kappa shape index (κ3) is 6.14. The van der Waals surface area contributed by atoms with Crippen LogP contribution in [0.25, 0.3) is 11.1 Å². The molecule has 42 heavy (non-hydrogen) atoms. The Balaban J connectivity index is 1.50. The van der Waals surface area contributed by atoms with E-state index in [4.69, 9.17) is 4.74 Å². The SMILES string of the molecule is C[C@H]1CN(c2cc(F)c(-c3cnc(N4CCOCC4)nc3)cc2NC(=O)C2C=NC(=O)C=C2C(F)(F)F)CC[N+]1(C)C. The van der Waals surface area contributed by atoms with Gasteiger partial charge in [0.1, 0.15) is 17.8 Å². The second kappa shape index (κ2) is 11.4. The molecule has 224 valence electrons. The fourth-order valence-corrected chi connectivity index (χ4v) is 5.15. The molecule has 0 saturated carbocycles. The van der Waals surface area contributed by atoms with E-state index >= 15 is 4.39 Å². The first-order valence-electron chi connectivity index (χ1n) is 13.6. The lowest BCUT2D eigenvalue weighted by molar-refractivity contribution is -0.913. The van der Waals surface area contributed by atoms with Gasteiger partial charge >= 0.3 is 6.18 Å². The fraction of sp³-hybridized carbons (Fsp3) is 0.464. The van der Waals surface area contributed by atoms with E-state index in [1.165, 1.54) is 24.5 Å². The molecule has 2 atom stereocenters. The number of nitrogens with zero attached hydrogens (tertiary/aromatic N) is 6. The van der Waals surface area contributed by atoms with Crippen molar-refractivity contribution in [1.29, 1.82) is 0 Å². The monoisotopic (exact) mass is 590 g/mol. The van der Waals surface area contributed by atoms with E-state index in [-0.39, 0.29) is 17.3 Å². The number of carbonyl (C=O) groups excluding carboxylic acids is 2. The number of halogens is 4. The summed E-state index contributed by atoms with van der Waals surface area (Å²) in [5.74, 6) is -4.13. The Morgan fingerprint density at radius 2 is 1.79 bits per heavy atom. The normalized spacial score (nSPS) is 22.6. The van der Waals surface area contributed by atoms with Gasteiger partial charge in [-0.05, 0) is 19.1 Å². The number of aliphatic imine (C=N–C) groups is 1. The van der Waals surface area contributed by atoms with E-state index < -0.39 is 35.3 Å². The lowest BCUT2D eigenvalue weighted by atomic mass is 9.95. The van der Waals surface area contributed by atoms with Crippen molar-refractivity contribution >= 4 is 35.4 Å². The topological polar surface area (TPSA) is 100 Å². The number of alkyl halides is 3. The largest absolute Gasteiger partial charge is 0.414 e. The van der Waals surface area contributed by atoms with Gasteiger partial charge in [-0.15, -0.1) is 0 Å². The van der Waals surface area contributed by atoms with Crippen molar-refractivity contribution in [1.82, 2.24) is 9.97 Å². The first-order valence-corrected chi connectivity index (χ1v) is 13.6. The number of anilines is 3. The number of amides is 2. The van der Waals surface area contributed by atoms with Crippen LogP contribution in [0.3, 0.4) is 0 Å². The van der Waals surface area contributed by atoms with Crippen molar-refractivity contribution < 1.29 is 36.4 Å². The van der Waals surface area contributed by atoms with Gasteiger partial charge in [0.05, 0.1) is 63.9 Å². The van der Waals surface area contributed by atoms with Crippen LogP contribution in [0.4, 0.5) is 34.9 Å². The van der Waals surface area contributed by atoms with Gasteiger partial charge in [-0.3, -0.25) is 9.59 Å². The lowest BCUT2D eigenvalue weighted by Gasteiger charge is -2.45. The van der Waals surface area contributed by atoms with Gasteiger partial charge < -0.3 is 24.3 Å². The molecular formula is C28H32F4N7O3+. The van der Waals surface area contributed by atoms with Gasteiger partial charge in [-0.2, -0.15) is 13.2 Å². The molecule has 5 rings (SSSR count). The molecule has 0 radical (unpaired) electrons. The van der Waals surface area contributed by atoms with Crippen LogP contribution >= 0.6 is 0 Å². The zero-order chi connectivity index (χ0) is 30.2. The number of hydrogen-bond donors (Lipinski definition) is 1. The summed E-state index contributed by atoms with van der Waals surface area (Å²) in [6, 6.07) is 2.82. The first-order chi connectivity index (χ1) is 19.8. The smallest absolute Gasteiger partial charge is 0.378 e. The van der Waals surface area contributed by atoms with Crippen molar-refractivity contribution in [3.8, 4) is 11.1 Å². The van der Waals surface area contributed by atoms with Crippen molar-refractivity contribution in [2.24, 2.45) is 10.9 Å². The Kier molecular flexibility index (Phi) is 8.03. The number of hydrogen-bond acceptors (Lipinski definition) is 7. The molecule has 0 spiro atoms. The summed E-state index contributed by atoms with van der Waals surface area (Å²) in [7, 11) is 4.17. The third-order valence-electron chi connectivity index (χ3n) is 8.13. The highest BCUT2D eigenvalue weighted by Gasteiger charge is 2.43. The molecule has 1 aromatic carbocycles. The van der Waals surface area contributed by atoms with E-state index in [9.17, 15) is 22.8 Å². The molecule has 3 aliphatic heterocycles. The molecule has 14 heteroatoms. The van der Waals surface area contributed by atoms with Crippen LogP contribution in [-0.2, 0) is 14.3 Å². The van der Waals surface area contributed by atoms with Crippen LogP contribution in [0.1, 0.15) is 6.92 Å². The van der Waals surface area contributed by atoms with Crippen LogP contribution in [0.5, 0.6) is 0 Å². The fourth-order valence-electron chi connectivity index (χ4n) is 5.15. The number of morpholine rings is 1. The predicted molar refractivity (Wildman–Crippen MR) is 149 cm³/mol. The third-order valence-corrected chi connectivity index (χ3v) is 8.13. The molecule has 1 aromatic heterocycles. The minimum absolute atomic E-state index is 0.0721. The molecule has 10 nitrogen and oxygen atoms in total. The summed E-state index contributed by atoms with van der Waals surface area (Å²) in [6.45, 7) is 6.16. The molecule has 1 unspecified atom stereocenters. The van der Waals surface area contributed by atoms with Gasteiger partial charge in [0.15, 0.2) is 0 Å². The standard InChI is InChI=1S/C28H31F4N7O3/c1-17-16-38(4-7-39(17,2)3)24-12-22(29)19(18-13-34-27(35-14-18)37-5-8-42-9-6-37)10-23(24)36-26(41)20-15-33-25(40)11-21(20)28(30,31)32/h10-15,17,20H,4-9,16H2,1-3H3/p+1/t17-,20?/m0/s1. The summed E-state index contributed by atoms with van der Waals surface area (Å²) in [6.07, 6.45) is -0.984. The molecular weight excluding hydrogens is 558 g/mol. The number of aromatic nitrogens is 2. The van der Waals surface area contributed by atoms with Crippen LogP contribution in [0.15, 0.2) is 41.2 Å². The second-order valence-electron chi connectivity index (χ2n) is 11.2. The molecule has 2 saturated heterocycles. The average molecular weight is 591 g/mol. The summed E-state index contributed by atoms with van der Waals surface area (Å²) < 4.78 is 62.9. The van der Waals surface area contributed by atoms with E-state index in [0.717, 1.165) is 11.0 Å². The minimum Gasteiger partial charge on any atom is -0.378 e. The summed E-state index contributed by atoms with van der Waals surface area (Å²) in [5, 5.41) is 2.57. The maximum atomic E-state index is 15.7. The van der Waals surface area contributed by atoms with E-state index in [1.54, 1.807) is 0 Å². The molecule has 2 aromatic rings. The zero-order valence-corrected chi connectivity index (χ0v) is 23.5. The molecule has 1 N–H and O–H groups in total. The quantitative estimate of drug-likeness (QED) is 0.422. The molecule has 2 fully saturated rings. The second-order valence-corrected chi connectivity index (χ2v) is 11.2. The maximum Gasteiger partial charge on any atom is 0.414 e. The van der Waals surface area contributed by atoms with E-state index in [0.29, 0.717) is 68.9 Å². The maximum absolute atomic E-state index is 15.7. The molecule has 2 amide bonds. The molecule has 3 aliphatic rings. The van der Waals surface area contributed by atoms with Crippen molar-refractivity contribution in [2.45, 2.75) is 19.1 Å². The highest BCUT2D eigenvalue weighted by molar-refractivity contribution is 6.11. The van der Waals surface area contributed by atoms with Crippen molar-refractivity contribution in [3.63, 3.8) is 0 Å². The Hall–Kier alpha value is -3.91. The summed E-state index contributed by atoms with van der Waals surface area (Å²) in [4.78, 5) is 40.9. The van der Waals surface area contributed by atoms with Crippen molar-refractivity contribution in [3.05, 3.63) is 42.0 Å². The van der Waals surface area contributed by atoms with Crippen LogP contribution in [0.2, 0.25) is 0 Å². The summed E-state index contributed by atoms with van der Waals surface area (Å²) >= 11 is 0. The molecule has 0 bridgehead atoms. The Morgan fingerprint density at radius 1 is 1.10 bits per heavy atom. The number of nitrogens with one attached hydrogen (secondary N) is 1. The van der Waals surface area contributed by atoms with Gasteiger partial charge in [-0.25, -0.2) is 19.4 Å². The Morgan fingerprint density at radius 3 is 2.43 bits per heavy atom. The number of dihydropyridines is 1. The average Bonchev–Trinajstić information content (AvgIpc) is 2.95. The number of carbonyl (C=O) groups is 2. The number of quaternary nitrogens is 1. The molecule has 0 aliphatic carbocycles. The highest BCUT2D eigenvalue weighted by Crippen LogP contribution is 2.38. The number of ether oxygens (including phenoxy) is 1. The predicted octanol–water partition coefficient (Wildman–Crippen LogP) is 3.06. The zero-order valence-electron chi connectivity index (χ0n) is 23.5. The number of likely N-dealkylation sites (N-methyl/N-ethyl adjacent to an activating group) is 1. The number of rotatable bonds is 5. The summed E-state index contributed by atoms with van der Waals surface area (Å²) in [5.41, 5.74) is -0.454.